The lowest BCUT2D eigenvalue weighted by atomic mass is 10.2. The van der Waals surface area contributed by atoms with Gasteiger partial charge in [0.15, 0.2) is 0 Å². The summed E-state index contributed by atoms with van der Waals surface area (Å²) in [7, 11) is 1.63. The Labute approximate surface area is 129 Å². The Morgan fingerprint density at radius 1 is 1.18 bits per heavy atom. The maximum atomic E-state index is 13.0. The van der Waals surface area contributed by atoms with Gasteiger partial charge in [-0.15, -0.1) is 0 Å². The van der Waals surface area contributed by atoms with E-state index in [9.17, 15) is 4.39 Å². The van der Waals surface area contributed by atoms with Gasteiger partial charge in [0.25, 0.3) is 0 Å². The minimum atomic E-state index is -0.419. The zero-order valence-electron chi connectivity index (χ0n) is 12.3. The van der Waals surface area contributed by atoms with E-state index in [0.29, 0.717) is 25.4 Å². The number of halogens is 1. The summed E-state index contributed by atoms with van der Waals surface area (Å²) in [5, 5.41) is 12.0. The van der Waals surface area contributed by atoms with Gasteiger partial charge in [0.05, 0.1) is 31.6 Å². The number of hydrogen-bond acceptors (Lipinski definition) is 4. The van der Waals surface area contributed by atoms with Crippen LogP contribution < -0.4 is 10.1 Å². The first kappa shape index (κ1) is 15.8. The molecule has 0 radical (unpaired) electrons. The van der Waals surface area contributed by atoms with Gasteiger partial charge in [-0.1, -0.05) is 12.1 Å². The molecule has 0 bridgehead atoms. The molecule has 0 heterocycles. The lowest BCUT2D eigenvalue weighted by Crippen LogP contribution is -2.10. The van der Waals surface area contributed by atoms with Crippen molar-refractivity contribution in [3.63, 3.8) is 0 Å². The zero-order chi connectivity index (χ0) is 15.8. The molecule has 2 aromatic rings. The van der Waals surface area contributed by atoms with Crippen molar-refractivity contribution in [3.05, 3.63) is 59.4 Å². The number of nitriles is 1. The molecule has 114 valence electrons. The van der Waals surface area contributed by atoms with E-state index in [1.54, 1.807) is 13.2 Å². The zero-order valence-corrected chi connectivity index (χ0v) is 12.3. The molecule has 0 atom stereocenters. The molecule has 0 aromatic heterocycles. The van der Waals surface area contributed by atoms with Crippen molar-refractivity contribution in [3.8, 4) is 11.8 Å². The molecule has 0 unspecified atom stereocenters. The number of benzene rings is 2. The predicted molar refractivity (Wildman–Crippen MR) is 82.3 cm³/mol. The number of nitrogens with one attached hydrogen (secondary N) is 1. The van der Waals surface area contributed by atoms with E-state index in [1.165, 1.54) is 12.1 Å². The van der Waals surface area contributed by atoms with Gasteiger partial charge in [-0.25, -0.2) is 4.39 Å². The topological polar surface area (TPSA) is 54.3 Å². The molecule has 5 heteroatoms. The second-order valence-electron chi connectivity index (χ2n) is 4.63. The molecule has 22 heavy (non-hydrogen) atoms. The minimum Gasteiger partial charge on any atom is -0.497 e. The van der Waals surface area contributed by atoms with Gasteiger partial charge in [-0.3, -0.25) is 0 Å². The van der Waals surface area contributed by atoms with E-state index >= 15 is 0 Å². The normalized spacial score (nSPS) is 10.0. The summed E-state index contributed by atoms with van der Waals surface area (Å²) in [6, 6.07) is 13.7. The Morgan fingerprint density at radius 2 is 1.95 bits per heavy atom. The number of methoxy groups -OCH3 is 1. The predicted octanol–water partition coefficient (Wildman–Crippen LogP) is 3.33. The largest absolute Gasteiger partial charge is 0.497 e. The maximum Gasteiger partial charge on any atom is 0.124 e. The fourth-order valence-electron chi connectivity index (χ4n) is 1.93. The summed E-state index contributed by atoms with van der Waals surface area (Å²) >= 11 is 0. The fourth-order valence-corrected chi connectivity index (χ4v) is 1.93. The van der Waals surface area contributed by atoms with Gasteiger partial charge in [0.1, 0.15) is 17.6 Å². The molecular weight excluding hydrogens is 283 g/mol. The summed E-state index contributed by atoms with van der Waals surface area (Å²) < 4.78 is 23.6. The third-order valence-electron chi connectivity index (χ3n) is 3.09. The lowest BCUT2D eigenvalue weighted by Gasteiger charge is -2.09. The highest BCUT2D eigenvalue weighted by Gasteiger charge is 2.02. The van der Waals surface area contributed by atoms with Gasteiger partial charge in [0, 0.05) is 6.54 Å². The number of ether oxygens (including phenoxy) is 2. The van der Waals surface area contributed by atoms with E-state index in [4.69, 9.17) is 14.7 Å². The molecule has 2 aromatic carbocycles. The second-order valence-corrected chi connectivity index (χ2v) is 4.63. The van der Waals surface area contributed by atoms with Crippen LogP contribution in [0.2, 0.25) is 0 Å². The van der Waals surface area contributed by atoms with E-state index in [2.05, 4.69) is 5.32 Å². The third-order valence-corrected chi connectivity index (χ3v) is 3.09. The molecule has 0 saturated carbocycles. The van der Waals surface area contributed by atoms with Crippen molar-refractivity contribution in [2.75, 3.05) is 25.6 Å². The third kappa shape index (κ3) is 4.47. The highest BCUT2D eigenvalue weighted by Crippen LogP contribution is 2.15. The first-order valence-corrected chi connectivity index (χ1v) is 6.87. The Balaban J connectivity index is 1.74. The SMILES string of the molecule is COc1ccc(COCCNc2ccc(F)cc2C#N)cc1. The number of nitrogens with zero attached hydrogens (tertiary/aromatic N) is 1. The van der Waals surface area contributed by atoms with Crippen molar-refractivity contribution in [1.29, 1.82) is 5.26 Å². The summed E-state index contributed by atoms with van der Waals surface area (Å²) in [5.41, 5.74) is 1.95. The molecule has 0 amide bonds. The average Bonchev–Trinajstić information content (AvgIpc) is 2.56. The van der Waals surface area contributed by atoms with Crippen LogP contribution >= 0.6 is 0 Å². The molecule has 0 aliphatic rings. The molecular formula is C17H17FN2O2. The Bertz CT molecular complexity index is 651. The standard InChI is InChI=1S/C17H17FN2O2/c1-21-16-5-2-13(3-6-16)12-22-9-8-20-17-7-4-15(18)10-14(17)11-19/h2-7,10,20H,8-9,12H2,1H3. The minimum absolute atomic E-state index is 0.287. The van der Waals surface area contributed by atoms with Crippen LogP contribution in [0.5, 0.6) is 5.75 Å². The van der Waals surface area contributed by atoms with Gasteiger partial charge < -0.3 is 14.8 Å². The lowest BCUT2D eigenvalue weighted by molar-refractivity contribution is 0.130. The molecule has 0 aliphatic heterocycles. The van der Waals surface area contributed by atoms with Crippen LogP contribution in [0.3, 0.4) is 0 Å². The fraction of sp³-hybridized carbons (Fsp3) is 0.235. The van der Waals surface area contributed by atoms with Crippen molar-refractivity contribution < 1.29 is 13.9 Å². The van der Waals surface area contributed by atoms with Crippen LogP contribution in [0.4, 0.5) is 10.1 Å². The van der Waals surface area contributed by atoms with Gasteiger partial charge in [0.2, 0.25) is 0 Å². The van der Waals surface area contributed by atoms with Crippen molar-refractivity contribution in [2.45, 2.75) is 6.61 Å². The smallest absolute Gasteiger partial charge is 0.124 e. The highest BCUT2D eigenvalue weighted by atomic mass is 19.1. The molecule has 2 rings (SSSR count). The van der Waals surface area contributed by atoms with Crippen LogP contribution in [0.15, 0.2) is 42.5 Å². The number of anilines is 1. The monoisotopic (exact) mass is 300 g/mol. The number of hydrogen-bond donors (Lipinski definition) is 1. The van der Waals surface area contributed by atoms with E-state index in [0.717, 1.165) is 11.3 Å². The van der Waals surface area contributed by atoms with Crippen molar-refractivity contribution >= 4 is 5.69 Å². The highest BCUT2D eigenvalue weighted by molar-refractivity contribution is 5.57. The Kier molecular flexibility index (Phi) is 5.75. The Hall–Kier alpha value is -2.58. The molecule has 0 saturated heterocycles. The molecule has 1 N–H and O–H groups in total. The van der Waals surface area contributed by atoms with E-state index in [-0.39, 0.29) is 5.56 Å². The summed E-state index contributed by atoms with van der Waals surface area (Å²) in [6.07, 6.45) is 0. The van der Waals surface area contributed by atoms with Gasteiger partial charge in [-0.05, 0) is 35.9 Å². The molecule has 4 nitrogen and oxygen atoms in total. The maximum absolute atomic E-state index is 13.0. The summed E-state index contributed by atoms with van der Waals surface area (Å²) in [6.45, 7) is 1.52. The molecule has 0 spiro atoms. The van der Waals surface area contributed by atoms with Crippen LogP contribution in [0.25, 0.3) is 0 Å². The number of rotatable bonds is 7. The van der Waals surface area contributed by atoms with E-state index < -0.39 is 5.82 Å². The second kappa shape index (κ2) is 8.01. The molecule has 0 aliphatic carbocycles. The van der Waals surface area contributed by atoms with Crippen molar-refractivity contribution in [2.24, 2.45) is 0 Å². The van der Waals surface area contributed by atoms with Gasteiger partial charge >= 0.3 is 0 Å². The van der Waals surface area contributed by atoms with Crippen LogP contribution in [0.1, 0.15) is 11.1 Å². The first-order chi connectivity index (χ1) is 10.7. The summed E-state index contributed by atoms with van der Waals surface area (Å²) in [5.74, 6) is 0.392. The summed E-state index contributed by atoms with van der Waals surface area (Å²) in [4.78, 5) is 0. The van der Waals surface area contributed by atoms with Crippen LogP contribution in [0, 0.1) is 17.1 Å². The Morgan fingerprint density at radius 3 is 2.64 bits per heavy atom. The average molecular weight is 300 g/mol. The van der Waals surface area contributed by atoms with Crippen LogP contribution in [-0.4, -0.2) is 20.3 Å². The van der Waals surface area contributed by atoms with Crippen LogP contribution in [-0.2, 0) is 11.3 Å². The van der Waals surface area contributed by atoms with E-state index in [1.807, 2.05) is 30.3 Å². The van der Waals surface area contributed by atoms with Gasteiger partial charge in [-0.2, -0.15) is 5.26 Å². The quantitative estimate of drug-likeness (QED) is 0.797. The molecule has 0 fully saturated rings. The first-order valence-electron chi connectivity index (χ1n) is 6.87. The van der Waals surface area contributed by atoms with Crippen molar-refractivity contribution in [1.82, 2.24) is 0 Å².